The summed E-state index contributed by atoms with van der Waals surface area (Å²) in [5.74, 6) is 0. The highest BCUT2D eigenvalue weighted by Gasteiger charge is 2.10. The van der Waals surface area contributed by atoms with E-state index in [9.17, 15) is 0 Å². The van der Waals surface area contributed by atoms with Crippen molar-refractivity contribution in [1.29, 1.82) is 0 Å². The SMILES string of the molecule is CNCc1cn(Cc2csc(C)n2)c2cc(Cl)ccc12. The van der Waals surface area contributed by atoms with Gasteiger partial charge in [0.1, 0.15) is 0 Å². The molecule has 0 aliphatic carbocycles. The Balaban J connectivity index is 2.06. The van der Waals surface area contributed by atoms with Crippen molar-refractivity contribution in [3.63, 3.8) is 0 Å². The van der Waals surface area contributed by atoms with Gasteiger partial charge in [0.2, 0.25) is 0 Å². The summed E-state index contributed by atoms with van der Waals surface area (Å²) < 4.78 is 2.22. The molecule has 2 aromatic heterocycles. The smallest absolute Gasteiger partial charge is 0.0898 e. The molecule has 3 aromatic rings. The normalized spacial score (nSPS) is 11.3. The van der Waals surface area contributed by atoms with E-state index in [1.165, 1.54) is 10.9 Å². The van der Waals surface area contributed by atoms with E-state index in [0.717, 1.165) is 34.3 Å². The first-order chi connectivity index (χ1) is 9.67. The number of nitrogens with zero attached hydrogens (tertiary/aromatic N) is 2. The highest BCUT2D eigenvalue weighted by Crippen LogP contribution is 2.26. The van der Waals surface area contributed by atoms with E-state index >= 15 is 0 Å². The lowest BCUT2D eigenvalue weighted by Crippen LogP contribution is -2.04. The Bertz CT molecular complexity index is 745. The lowest BCUT2D eigenvalue weighted by molar-refractivity contribution is 0.784. The van der Waals surface area contributed by atoms with Crippen LogP contribution >= 0.6 is 22.9 Å². The predicted molar refractivity (Wildman–Crippen MR) is 85.7 cm³/mol. The summed E-state index contributed by atoms with van der Waals surface area (Å²) in [6.07, 6.45) is 2.19. The minimum Gasteiger partial charge on any atom is -0.341 e. The van der Waals surface area contributed by atoms with Gasteiger partial charge >= 0.3 is 0 Å². The summed E-state index contributed by atoms with van der Waals surface area (Å²) in [4.78, 5) is 4.54. The number of nitrogens with one attached hydrogen (secondary N) is 1. The molecule has 0 amide bonds. The Labute approximate surface area is 127 Å². The van der Waals surface area contributed by atoms with Gasteiger partial charge in [-0.25, -0.2) is 4.98 Å². The number of aryl methyl sites for hydroxylation is 1. The topological polar surface area (TPSA) is 29.9 Å². The van der Waals surface area contributed by atoms with Crippen molar-refractivity contribution < 1.29 is 0 Å². The van der Waals surface area contributed by atoms with Crippen LogP contribution < -0.4 is 5.32 Å². The van der Waals surface area contributed by atoms with Gasteiger partial charge in [-0.2, -0.15) is 0 Å². The number of halogens is 1. The molecule has 0 atom stereocenters. The van der Waals surface area contributed by atoms with Crippen LogP contribution in [0.2, 0.25) is 5.02 Å². The van der Waals surface area contributed by atoms with Crippen LogP contribution in [0.3, 0.4) is 0 Å². The number of thiazole rings is 1. The summed E-state index contributed by atoms with van der Waals surface area (Å²) >= 11 is 7.83. The quantitative estimate of drug-likeness (QED) is 0.794. The molecule has 0 unspecified atom stereocenters. The molecule has 104 valence electrons. The van der Waals surface area contributed by atoms with E-state index in [2.05, 4.69) is 32.5 Å². The number of hydrogen-bond donors (Lipinski definition) is 1. The van der Waals surface area contributed by atoms with Crippen LogP contribution in [0.5, 0.6) is 0 Å². The van der Waals surface area contributed by atoms with Gasteiger partial charge in [-0.15, -0.1) is 11.3 Å². The molecule has 0 saturated carbocycles. The predicted octanol–water partition coefficient (Wildman–Crippen LogP) is 3.83. The van der Waals surface area contributed by atoms with Gasteiger partial charge in [0.15, 0.2) is 0 Å². The highest BCUT2D eigenvalue weighted by molar-refractivity contribution is 7.09. The van der Waals surface area contributed by atoms with E-state index in [1.807, 2.05) is 26.1 Å². The largest absolute Gasteiger partial charge is 0.341 e. The van der Waals surface area contributed by atoms with Crippen molar-refractivity contribution in [2.45, 2.75) is 20.0 Å². The standard InChI is InChI=1S/C15H16ClN3S/c1-10-18-13(9-20-10)8-19-7-11(6-17-2)14-4-3-12(16)5-15(14)19/h3-5,7,9,17H,6,8H2,1-2H3. The molecule has 3 rings (SSSR count). The molecule has 0 saturated heterocycles. The van der Waals surface area contributed by atoms with Gasteiger partial charge in [-0.3, -0.25) is 0 Å². The summed E-state index contributed by atoms with van der Waals surface area (Å²) in [6, 6.07) is 6.06. The van der Waals surface area contributed by atoms with Crippen LogP contribution in [0.4, 0.5) is 0 Å². The molecule has 0 fully saturated rings. The third-order valence-corrected chi connectivity index (χ3v) is 4.35. The van der Waals surface area contributed by atoms with Gasteiger partial charge in [0, 0.05) is 28.5 Å². The molecule has 1 aromatic carbocycles. The molecule has 5 heteroatoms. The van der Waals surface area contributed by atoms with E-state index in [-0.39, 0.29) is 0 Å². The lowest BCUT2D eigenvalue weighted by Gasteiger charge is -2.03. The second-order valence-corrected chi connectivity index (χ2v) is 6.33. The molecule has 0 spiro atoms. The summed E-state index contributed by atoms with van der Waals surface area (Å²) in [5.41, 5.74) is 3.54. The van der Waals surface area contributed by atoms with Crippen molar-refractivity contribution in [2.24, 2.45) is 0 Å². The molecule has 0 bridgehead atoms. The number of fused-ring (bicyclic) bond motifs is 1. The average molecular weight is 306 g/mol. The van der Waals surface area contributed by atoms with Crippen molar-refractivity contribution >= 4 is 33.8 Å². The van der Waals surface area contributed by atoms with Crippen LogP contribution in [0, 0.1) is 6.92 Å². The van der Waals surface area contributed by atoms with Crippen LogP contribution in [-0.2, 0) is 13.1 Å². The van der Waals surface area contributed by atoms with E-state index in [0.29, 0.717) is 0 Å². The Morgan fingerprint density at radius 3 is 2.95 bits per heavy atom. The second-order valence-electron chi connectivity index (χ2n) is 4.83. The maximum Gasteiger partial charge on any atom is 0.0898 e. The fourth-order valence-corrected chi connectivity index (χ4v) is 3.23. The maximum absolute atomic E-state index is 6.14. The van der Waals surface area contributed by atoms with Gasteiger partial charge in [0.05, 0.1) is 22.8 Å². The molecular weight excluding hydrogens is 290 g/mol. The number of hydrogen-bond acceptors (Lipinski definition) is 3. The van der Waals surface area contributed by atoms with Gasteiger partial charge in [0.25, 0.3) is 0 Å². The molecule has 3 nitrogen and oxygen atoms in total. The van der Waals surface area contributed by atoms with Crippen molar-refractivity contribution in [1.82, 2.24) is 14.9 Å². The van der Waals surface area contributed by atoms with Crippen LogP contribution in [0.1, 0.15) is 16.3 Å². The molecule has 2 heterocycles. The zero-order chi connectivity index (χ0) is 14.1. The molecule has 1 N–H and O–H groups in total. The Morgan fingerprint density at radius 2 is 2.25 bits per heavy atom. The van der Waals surface area contributed by atoms with Crippen molar-refractivity contribution in [3.05, 3.63) is 51.1 Å². The van der Waals surface area contributed by atoms with Crippen LogP contribution in [0.25, 0.3) is 10.9 Å². The third kappa shape index (κ3) is 2.59. The van der Waals surface area contributed by atoms with E-state index in [4.69, 9.17) is 11.6 Å². The number of rotatable bonds is 4. The first kappa shape index (κ1) is 13.6. The fourth-order valence-electron chi connectivity index (χ4n) is 2.46. The maximum atomic E-state index is 6.14. The van der Waals surface area contributed by atoms with Crippen LogP contribution in [-0.4, -0.2) is 16.6 Å². The number of aromatic nitrogens is 2. The Hall–Kier alpha value is -1.36. The summed E-state index contributed by atoms with van der Waals surface area (Å²) in [7, 11) is 1.96. The van der Waals surface area contributed by atoms with E-state index in [1.54, 1.807) is 11.3 Å². The average Bonchev–Trinajstić information content (AvgIpc) is 2.96. The first-order valence-corrected chi connectivity index (χ1v) is 7.76. The van der Waals surface area contributed by atoms with E-state index < -0.39 is 0 Å². The summed E-state index contributed by atoms with van der Waals surface area (Å²) in [6.45, 7) is 3.66. The zero-order valence-corrected chi connectivity index (χ0v) is 13.1. The molecule has 20 heavy (non-hydrogen) atoms. The summed E-state index contributed by atoms with van der Waals surface area (Å²) in [5, 5.41) is 8.44. The van der Waals surface area contributed by atoms with Crippen molar-refractivity contribution in [2.75, 3.05) is 7.05 Å². The Kier molecular flexibility index (Phi) is 3.78. The minimum absolute atomic E-state index is 0.766. The van der Waals surface area contributed by atoms with Gasteiger partial charge < -0.3 is 9.88 Å². The molecular formula is C15H16ClN3S. The monoisotopic (exact) mass is 305 g/mol. The van der Waals surface area contributed by atoms with Crippen LogP contribution in [0.15, 0.2) is 29.8 Å². The van der Waals surface area contributed by atoms with Crippen molar-refractivity contribution in [3.8, 4) is 0 Å². The third-order valence-electron chi connectivity index (χ3n) is 3.29. The molecule has 0 aliphatic heterocycles. The second kappa shape index (κ2) is 5.56. The highest BCUT2D eigenvalue weighted by atomic mass is 35.5. The fraction of sp³-hybridized carbons (Fsp3) is 0.267. The van der Waals surface area contributed by atoms with Gasteiger partial charge in [-0.1, -0.05) is 17.7 Å². The Morgan fingerprint density at radius 1 is 1.40 bits per heavy atom. The molecule has 0 aliphatic rings. The first-order valence-electron chi connectivity index (χ1n) is 6.50. The number of benzene rings is 1. The minimum atomic E-state index is 0.766. The lowest BCUT2D eigenvalue weighted by atomic mass is 10.2. The van der Waals surface area contributed by atoms with Gasteiger partial charge in [-0.05, 0) is 31.7 Å². The zero-order valence-electron chi connectivity index (χ0n) is 11.5. The molecule has 0 radical (unpaired) electrons.